The second-order valence-corrected chi connectivity index (χ2v) is 5.22. The van der Waals surface area contributed by atoms with E-state index in [-0.39, 0.29) is 10.7 Å². The number of benzene rings is 1. The van der Waals surface area contributed by atoms with E-state index in [9.17, 15) is 18.0 Å². The van der Waals surface area contributed by atoms with Crippen LogP contribution in [0.5, 0.6) is 0 Å². The van der Waals surface area contributed by atoms with Gasteiger partial charge < -0.3 is 11.1 Å². The summed E-state index contributed by atoms with van der Waals surface area (Å²) in [5.41, 5.74) is 3.97. The lowest BCUT2D eigenvalue weighted by molar-refractivity contribution is -0.137. The summed E-state index contributed by atoms with van der Waals surface area (Å²) in [6.45, 7) is 3.44. The molecule has 0 aromatic heterocycles. The van der Waals surface area contributed by atoms with E-state index < -0.39 is 23.2 Å². The molecule has 0 saturated heterocycles. The first-order valence-electron chi connectivity index (χ1n) is 6.05. The Morgan fingerprint density at radius 3 is 2.45 bits per heavy atom. The molecule has 0 heterocycles. The predicted octanol–water partition coefficient (Wildman–Crippen LogP) is 3.81. The van der Waals surface area contributed by atoms with Crippen LogP contribution in [0.25, 0.3) is 0 Å². The normalized spacial score (nSPS) is 14.8. The van der Waals surface area contributed by atoms with Crippen LogP contribution < -0.4 is 11.1 Å². The molecule has 3 nitrogen and oxygen atoms in total. The second-order valence-electron chi connectivity index (χ2n) is 4.81. The minimum Gasteiger partial charge on any atom is -0.323 e. The van der Waals surface area contributed by atoms with Crippen molar-refractivity contribution in [3.8, 4) is 0 Å². The van der Waals surface area contributed by atoms with Crippen LogP contribution >= 0.6 is 11.6 Å². The zero-order valence-corrected chi connectivity index (χ0v) is 11.9. The van der Waals surface area contributed by atoms with E-state index in [2.05, 4.69) is 5.32 Å². The fraction of sp³-hybridized carbons (Fsp3) is 0.462. The Balaban J connectivity index is 2.92. The van der Waals surface area contributed by atoms with Crippen molar-refractivity contribution in [3.05, 3.63) is 28.8 Å². The maximum atomic E-state index is 12.5. The highest BCUT2D eigenvalue weighted by Crippen LogP contribution is 2.34. The molecule has 7 heteroatoms. The third-order valence-electron chi connectivity index (χ3n) is 2.83. The van der Waals surface area contributed by atoms with Gasteiger partial charge in [0.05, 0.1) is 21.8 Å². The van der Waals surface area contributed by atoms with Crippen molar-refractivity contribution >= 4 is 23.2 Å². The van der Waals surface area contributed by atoms with Gasteiger partial charge in [-0.2, -0.15) is 13.2 Å². The van der Waals surface area contributed by atoms with E-state index in [1.165, 1.54) is 0 Å². The first-order valence-corrected chi connectivity index (χ1v) is 6.43. The number of anilines is 1. The summed E-state index contributed by atoms with van der Waals surface area (Å²) in [5, 5.41) is 2.27. The second kappa shape index (κ2) is 6.01. The summed E-state index contributed by atoms with van der Waals surface area (Å²) in [4.78, 5) is 11.9. The molecular formula is C13H16ClF3N2O. The van der Waals surface area contributed by atoms with Gasteiger partial charge in [-0.25, -0.2) is 0 Å². The summed E-state index contributed by atoms with van der Waals surface area (Å²) in [6, 6.07) is 2.74. The number of nitrogens with one attached hydrogen (secondary N) is 1. The zero-order chi connectivity index (χ0) is 15.6. The Labute approximate surface area is 120 Å². The number of carbonyl (C=O) groups is 1. The monoisotopic (exact) mass is 308 g/mol. The van der Waals surface area contributed by atoms with E-state index >= 15 is 0 Å². The number of amides is 1. The van der Waals surface area contributed by atoms with Gasteiger partial charge in [0.1, 0.15) is 0 Å². The SMILES string of the molecule is CCCC(C)(N)C(=O)Nc1ccc(C(F)(F)F)cc1Cl. The number of hydrogen-bond donors (Lipinski definition) is 2. The largest absolute Gasteiger partial charge is 0.416 e. The Hall–Kier alpha value is -1.27. The smallest absolute Gasteiger partial charge is 0.323 e. The molecule has 0 fully saturated rings. The summed E-state index contributed by atoms with van der Waals surface area (Å²) in [6.07, 6.45) is -3.31. The number of nitrogens with two attached hydrogens (primary N) is 1. The molecule has 0 bridgehead atoms. The van der Waals surface area contributed by atoms with E-state index in [0.29, 0.717) is 12.8 Å². The molecule has 1 aromatic carbocycles. The van der Waals surface area contributed by atoms with Gasteiger partial charge >= 0.3 is 6.18 Å². The molecule has 0 aliphatic heterocycles. The first-order chi connectivity index (χ1) is 9.08. The predicted molar refractivity (Wildman–Crippen MR) is 72.6 cm³/mol. The summed E-state index contributed by atoms with van der Waals surface area (Å²) >= 11 is 5.75. The highest BCUT2D eigenvalue weighted by molar-refractivity contribution is 6.33. The van der Waals surface area contributed by atoms with Crippen molar-refractivity contribution in [1.29, 1.82) is 0 Å². The van der Waals surface area contributed by atoms with Gasteiger partial charge in [-0.15, -0.1) is 0 Å². The fourth-order valence-corrected chi connectivity index (χ4v) is 1.92. The number of alkyl halides is 3. The van der Waals surface area contributed by atoms with Crippen molar-refractivity contribution in [2.75, 3.05) is 5.32 Å². The highest BCUT2D eigenvalue weighted by atomic mass is 35.5. The van der Waals surface area contributed by atoms with Gasteiger partial charge in [0.15, 0.2) is 0 Å². The summed E-state index contributed by atoms with van der Waals surface area (Å²) in [7, 11) is 0. The van der Waals surface area contributed by atoms with E-state index in [1.807, 2.05) is 6.92 Å². The molecule has 1 atom stereocenters. The number of carbonyl (C=O) groups excluding carboxylic acids is 1. The summed E-state index contributed by atoms with van der Waals surface area (Å²) < 4.78 is 37.5. The average molecular weight is 309 g/mol. The van der Waals surface area contributed by atoms with Gasteiger partial charge in [0.2, 0.25) is 5.91 Å². The molecule has 0 aliphatic carbocycles. The third kappa shape index (κ3) is 4.11. The van der Waals surface area contributed by atoms with Gasteiger partial charge in [-0.05, 0) is 31.5 Å². The zero-order valence-electron chi connectivity index (χ0n) is 11.1. The van der Waals surface area contributed by atoms with Crippen LogP contribution in [0.4, 0.5) is 18.9 Å². The Morgan fingerprint density at radius 1 is 1.40 bits per heavy atom. The Kier molecular flexibility index (Phi) is 5.05. The lowest BCUT2D eigenvalue weighted by atomic mass is 9.96. The quantitative estimate of drug-likeness (QED) is 0.888. The van der Waals surface area contributed by atoms with Gasteiger partial charge in [-0.3, -0.25) is 4.79 Å². The fourth-order valence-electron chi connectivity index (χ4n) is 1.69. The first kappa shape index (κ1) is 16.8. The molecule has 0 radical (unpaired) electrons. The van der Waals surface area contributed by atoms with Crippen LogP contribution in [0.1, 0.15) is 32.3 Å². The van der Waals surface area contributed by atoms with Crippen molar-refractivity contribution < 1.29 is 18.0 Å². The molecule has 1 amide bonds. The molecular weight excluding hydrogens is 293 g/mol. The van der Waals surface area contributed by atoms with Gasteiger partial charge in [-0.1, -0.05) is 24.9 Å². The Bertz CT molecular complexity index is 501. The average Bonchev–Trinajstić information content (AvgIpc) is 2.30. The van der Waals surface area contributed by atoms with Crippen LogP contribution in [0.2, 0.25) is 5.02 Å². The van der Waals surface area contributed by atoms with Crippen LogP contribution in [0.3, 0.4) is 0 Å². The molecule has 0 aliphatic rings. The lowest BCUT2D eigenvalue weighted by Gasteiger charge is -2.23. The van der Waals surface area contributed by atoms with Crippen molar-refractivity contribution in [1.82, 2.24) is 0 Å². The lowest BCUT2D eigenvalue weighted by Crippen LogP contribution is -2.48. The van der Waals surface area contributed by atoms with Crippen LogP contribution in [0.15, 0.2) is 18.2 Å². The van der Waals surface area contributed by atoms with Gasteiger partial charge in [0.25, 0.3) is 0 Å². The minimum atomic E-state index is -4.48. The summed E-state index contributed by atoms with van der Waals surface area (Å²) in [5.74, 6) is -0.485. The molecule has 0 spiro atoms. The molecule has 1 rings (SSSR count). The highest BCUT2D eigenvalue weighted by Gasteiger charge is 2.32. The van der Waals surface area contributed by atoms with Crippen LogP contribution in [-0.4, -0.2) is 11.4 Å². The van der Waals surface area contributed by atoms with Crippen molar-refractivity contribution in [2.45, 2.75) is 38.4 Å². The number of rotatable bonds is 4. The topological polar surface area (TPSA) is 55.1 Å². The van der Waals surface area contributed by atoms with E-state index in [0.717, 1.165) is 18.2 Å². The number of halogens is 4. The maximum Gasteiger partial charge on any atom is 0.416 e. The minimum absolute atomic E-state index is 0.109. The molecule has 20 heavy (non-hydrogen) atoms. The van der Waals surface area contributed by atoms with Crippen LogP contribution in [0, 0.1) is 0 Å². The van der Waals surface area contributed by atoms with E-state index in [4.69, 9.17) is 17.3 Å². The molecule has 3 N–H and O–H groups in total. The van der Waals surface area contributed by atoms with Crippen molar-refractivity contribution in [3.63, 3.8) is 0 Å². The standard InChI is InChI=1S/C13H16ClF3N2O/c1-3-6-12(2,18)11(20)19-10-5-4-8(7-9(10)14)13(15,16)17/h4-5,7H,3,6,18H2,1-2H3,(H,19,20). The molecule has 1 unspecified atom stereocenters. The van der Waals surface area contributed by atoms with Gasteiger partial charge in [0, 0.05) is 0 Å². The molecule has 112 valence electrons. The maximum absolute atomic E-state index is 12.5. The number of hydrogen-bond acceptors (Lipinski definition) is 2. The van der Waals surface area contributed by atoms with E-state index in [1.54, 1.807) is 6.92 Å². The molecule has 1 aromatic rings. The third-order valence-corrected chi connectivity index (χ3v) is 3.15. The Morgan fingerprint density at radius 2 is 2.00 bits per heavy atom. The van der Waals surface area contributed by atoms with Crippen molar-refractivity contribution in [2.24, 2.45) is 5.73 Å². The molecule has 0 saturated carbocycles. The van der Waals surface area contributed by atoms with Crippen LogP contribution in [-0.2, 0) is 11.0 Å².